The lowest BCUT2D eigenvalue weighted by atomic mass is 9.98. The molecule has 0 bridgehead atoms. The summed E-state index contributed by atoms with van der Waals surface area (Å²) in [4.78, 5) is 28.3. The molecule has 0 saturated heterocycles. The molecule has 6 rings (SSSR count). The van der Waals surface area contributed by atoms with Gasteiger partial charge in [0.05, 0.1) is 50.3 Å². The molecule has 0 aliphatic carbocycles. The van der Waals surface area contributed by atoms with Crippen LogP contribution in [0.25, 0.3) is 11.0 Å². The topological polar surface area (TPSA) is 164 Å². The van der Waals surface area contributed by atoms with Gasteiger partial charge in [-0.2, -0.15) is 5.10 Å². The van der Waals surface area contributed by atoms with Gasteiger partial charge in [0.25, 0.3) is 5.91 Å². The van der Waals surface area contributed by atoms with Gasteiger partial charge in [0.2, 0.25) is 5.84 Å². The zero-order valence-electron chi connectivity index (χ0n) is 28.8. The van der Waals surface area contributed by atoms with E-state index in [2.05, 4.69) is 37.8 Å². The second-order valence-electron chi connectivity index (χ2n) is 11.8. The number of nitrogens with zero attached hydrogens (tertiary/aromatic N) is 3. The molecule has 0 atom stereocenters. The number of nitrogens with two attached hydrogens (primary N) is 1. The number of ether oxygens (including phenoxy) is 4. The van der Waals surface area contributed by atoms with Crippen LogP contribution in [-0.4, -0.2) is 58.2 Å². The molecule has 0 unspecified atom stereocenters. The highest BCUT2D eigenvalue weighted by Gasteiger charge is 2.21. The third kappa shape index (κ3) is 7.84. The fourth-order valence-electron chi connectivity index (χ4n) is 5.95. The first-order valence-electron chi connectivity index (χ1n) is 16.2. The Morgan fingerprint density at radius 2 is 1.55 bits per heavy atom. The van der Waals surface area contributed by atoms with Crippen molar-refractivity contribution >= 4 is 34.1 Å². The van der Waals surface area contributed by atoms with Gasteiger partial charge >= 0.3 is 0 Å². The summed E-state index contributed by atoms with van der Waals surface area (Å²) in [6.07, 6.45) is 1.84. The van der Waals surface area contributed by atoms with Crippen LogP contribution in [0, 0.1) is 0 Å². The van der Waals surface area contributed by atoms with Gasteiger partial charge in [-0.15, -0.1) is 0 Å². The number of nitrogens with one attached hydrogen (secondary N) is 2. The molecule has 1 aliphatic heterocycles. The highest BCUT2D eigenvalue weighted by atomic mass is 16.5. The lowest BCUT2D eigenvalue weighted by Gasteiger charge is -2.29. The first kappa shape index (κ1) is 34.6. The van der Waals surface area contributed by atoms with Crippen molar-refractivity contribution in [2.75, 3.05) is 46.8 Å². The molecule has 1 aliphatic rings. The van der Waals surface area contributed by atoms with Crippen molar-refractivity contribution in [1.82, 2.24) is 4.90 Å². The Kier molecular flexibility index (Phi) is 10.6. The molecule has 13 nitrogen and oxygen atoms in total. The van der Waals surface area contributed by atoms with Crippen molar-refractivity contribution in [2.45, 2.75) is 19.4 Å². The first-order valence-corrected chi connectivity index (χ1v) is 16.2. The molecule has 0 fully saturated rings. The number of hydrogen-bond acceptors (Lipinski definition) is 10. The summed E-state index contributed by atoms with van der Waals surface area (Å²) < 4.78 is 27.6. The van der Waals surface area contributed by atoms with Crippen LogP contribution in [0.2, 0.25) is 0 Å². The van der Waals surface area contributed by atoms with Crippen LogP contribution in [0.5, 0.6) is 23.0 Å². The predicted octanol–water partition coefficient (Wildman–Crippen LogP) is 4.17. The number of methoxy groups -OCH3 is 4. The Bertz CT molecular complexity index is 2180. The smallest absolute Gasteiger partial charge is 0.291 e. The summed E-state index contributed by atoms with van der Waals surface area (Å²) in [5.41, 5.74) is 11.3. The minimum atomic E-state index is -0.660. The van der Waals surface area contributed by atoms with Crippen LogP contribution in [0.3, 0.4) is 0 Å². The number of rotatable bonds is 12. The molecule has 5 aromatic rings. The van der Waals surface area contributed by atoms with Gasteiger partial charge in [-0.3, -0.25) is 14.5 Å². The van der Waals surface area contributed by atoms with Gasteiger partial charge in [-0.25, -0.2) is 0 Å². The molecule has 2 heterocycles. The van der Waals surface area contributed by atoms with Gasteiger partial charge in [0.15, 0.2) is 39.9 Å². The first-order chi connectivity index (χ1) is 24.8. The minimum Gasteiger partial charge on any atom is -0.493 e. The largest absolute Gasteiger partial charge is 0.493 e. The van der Waals surface area contributed by atoms with Crippen molar-refractivity contribution in [3.63, 3.8) is 0 Å². The normalized spacial score (nSPS) is 13.2. The number of hydrogen-bond donors (Lipinski definition) is 3. The molecule has 4 aromatic carbocycles. The number of benzene rings is 4. The summed E-state index contributed by atoms with van der Waals surface area (Å²) in [6, 6.07) is 23.0. The highest BCUT2D eigenvalue weighted by Crippen LogP contribution is 2.34. The van der Waals surface area contributed by atoms with Gasteiger partial charge in [0, 0.05) is 36.9 Å². The zero-order chi connectivity index (χ0) is 35.9. The molecule has 51 heavy (non-hydrogen) atoms. The second-order valence-corrected chi connectivity index (χ2v) is 11.8. The average molecular weight is 692 g/mol. The van der Waals surface area contributed by atoms with Crippen molar-refractivity contribution in [2.24, 2.45) is 16.1 Å². The molecule has 0 saturated carbocycles. The molecular formula is C38H39N6O7+. The monoisotopic (exact) mass is 691 g/mol. The Morgan fingerprint density at radius 3 is 2.27 bits per heavy atom. The van der Waals surface area contributed by atoms with E-state index in [0.29, 0.717) is 33.7 Å². The standard InChI is InChI=1S/C38H38N6O7/c1-47-32-17-24-14-16-44(22-25(24)18-33(32)48-2)15-13-23-9-11-26(12-10-23)41-43-42-37(39)28-19-34(49-3)35(50-4)20-29(28)40-38(46)36-21-30(45)27-7-5-6-8-31(27)51-36/h5-12,17-21H,13-16,22H2,1-4H3,(H,40,46)(H2,39,41,42)/p+1. The van der Waals surface area contributed by atoms with E-state index in [1.165, 1.54) is 30.9 Å². The lowest BCUT2D eigenvalue weighted by molar-refractivity contribution is -0.472. The van der Waals surface area contributed by atoms with Gasteiger partial charge in [0.1, 0.15) is 5.58 Å². The molecule has 0 radical (unpaired) electrons. The lowest BCUT2D eigenvalue weighted by Crippen LogP contribution is -2.69. The summed E-state index contributed by atoms with van der Waals surface area (Å²) in [7, 11) is 6.27. The third-order valence-electron chi connectivity index (χ3n) is 8.71. The highest BCUT2D eigenvalue weighted by molar-refractivity contribution is 6.08. The maximum Gasteiger partial charge on any atom is 0.291 e. The van der Waals surface area contributed by atoms with Crippen LogP contribution in [-0.2, 0) is 19.4 Å². The van der Waals surface area contributed by atoms with E-state index < -0.39 is 5.91 Å². The van der Waals surface area contributed by atoms with E-state index in [4.69, 9.17) is 29.1 Å². The predicted molar refractivity (Wildman–Crippen MR) is 192 cm³/mol. The summed E-state index contributed by atoms with van der Waals surface area (Å²) in [5, 5.41) is 14.2. The van der Waals surface area contributed by atoms with E-state index in [1.807, 2.05) is 24.3 Å². The van der Waals surface area contributed by atoms with Crippen molar-refractivity contribution in [3.05, 3.63) is 117 Å². The molecule has 13 heteroatoms. The Labute approximate surface area is 294 Å². The zero-order valence-corrected chi connectivity index (χ0v) is 28.8. The molecular weight excluding hydrogens is 652 g/mol. The summed E-state index contributed by atoms with van der Waals surface area (Å²) >= 11 is 0. The number of carbonyl (C=O) groups excluding carboxylic acids is 1. The number of amidine groups is 1. The van der Waals surface area contributed by atoms with E-state index in [1.54, 1.807) is 50.6 Å². The number of amides is 1. The van der Waals surface area contributed by atoms with E-state index in [9.17, 15) is 9.59 Å². The van der Waals surface area contributed by atoms with Crippen LogP contribution >= 0.6 is 0 Å². The van der Waals surface area contributed by atoms with Crippen molar-refractivity contribution < 1.29 is 33.3 Å². The van der Waals surface area contributed by atoms with E-state index in [0.717, 1.165) is 50.0 Å². The Hall–Kier alpha value is -6.21. The van der Waals surface area contributed by atoms with Crippen LogP contribution in [0.1, 0.15) is 32.8 Å². The van der Waals surface area contributed by atoms with Gasteiger partial charge in [-0.05, 0) is 72.0 Å². The minimum absolute atomic E-state index is 0.0748. The second kappa shape index (κ2) is 15.6. The molecule has 4 N–H and O–H groups in total. The van der Waals surface area contributed by atoms with Gasteiger partial charge < -0.3 is 34.4 Å². The fraction of sp³-hybridized carbons (Fsp3) is 0.237. The number of fused-ring (bicyclic) bond motifs is 2. The molecule has 1 aromatic heterocycles. The quantitative estimate of drug-likeness (QED) is 0.0754. The maximum atomic E-state index is 13.3. The number of carbonyl (C=O) groups is 1. The summed E-state index contributed by atoms with van der Waals surface area (Å²) in [5.74, 6) is 1.48. The molecule has 0 spiro atoms. The third-order valence-corrected chi connectivity index (χ3v) is 8.71. The van der Waals surface area contributed by atoms with E-state index in [-0.39, 0.29) is 22.7 Å². The number of anilines is 1. The van der Waals surface area contributed by atoms with Crippen LogP contribution in [0.4, 0.5) is 11.4 Å². The van der Waals surface area contributed by atoms with Gasteiger partial charge in [-0.1, -0.05) is 24.3 Å². The summed E-state index contributed by atoms with van der Waals surface area (Å²) in [6.45, 7) is 2.75. The molecule has 262 valence electrons. The number of para-hydroxylation sites is 1. The fourth-order valence-corrected chi connectivity index (χ4v) is 5.95. The van der Waals surface area contributed by atoms with Crippen LogP contribution in [0.15, 0.2) is 98.4 Å². The maximum absolute atomic E-state index is 13.3. The van der Waals surface area contributed by atoms with Crippen molar-refractivity contribution in [3.8, 4) is 23.0 Å². The Morgan fingerprint density at radius 1 is 0.882 bits per heavy atom. The van der Waals surface area contributed by atoms with E-state index >= 15 is 0 Å². The number of nitrogen functional groups attached to an aromatic ring is 1. The Balaban J connectivity index is 1.13. The van der Waals surface area contributed by atoms with Crippen molar-refractivity contribution in [1.29, 1.82) is 0 Å². The van der Waals surface area contributed by atoms with Crippen LogP contribution < -0.4 is 40.5 Å². The molecule has 1 amide bonds. The SMILES string of the molecule is COc1cc2c(cc1OC)CN(CCc1ccc(N=N/[NH+]=C(\N)c3cc(OC)c(OC)cc3NC(=O)c3cc(=O)c4ccccc4o3)cc1)CC2. The average Bonchev–Trinajstić information content (AvgIpc) is 3.16.